The molecule has 0 saturated carbocycles. The minimum Gasteiger partial charge on any atom is -0.346 e. The molecule has 1 unspecified atom stereocenters. The maximum Gasteiger partial charge on any atom is 0.274 e. The summed E-state index contributed by atoms with van der Waals surface area (Å²) in [6.07, 6.45) is 2.81. The van der Waals surface area contributed by atoms with E-state index in [1.54, 1.807) is 6.20 Å². The van der Waals surface area contributed by atoms with Gasteiger partial charge in [-0.25, -0.2) is 9.97 Å². The Hall–Kier alpha value is -2.54. The topological polar surface area (TPSA) is 71.0 Å². The van der Waals surface area contributed by atoms with Gasteiger partial charge in [0.15, 0.2) is 5.69 Å². The fraction of sp³-hybridized carbons (Fsp3) is 0.368. The van der Waals surface area contributed by atoms with Gasteiger partial charge in [0, 0.05) is 19.3 Å². The zero-order valence-electron chi connectivity index (χ0n) is 14.8. The van der Waals surface area contributed by atoms with Crippen molar-refractivity contribution in [2.45, 2.75) is 26.3 Å². The molecule has 134 valence electrons. The van der Waals surface area contributed by atoms with Crippen molar-refractivity contribution in [3.8, 4) is 0 Å². The van der Waals surface area contributed by atoms with Crippen LogP contribution >= 0.6 is 11.3 Å². The number of hydrogen-bond acceptors (Lipinski definition) is 6. The average molecular weight is 367 g/mol. The van der Waals surface area contributed by atoms with Gasteiger partial charge < -0.3 is 10.2 Å². The van der Waals surface area contributed by atoms with Crippen LogP contribution in [-0.2, 0) is 0 Å². The molecule has 0 aliphatic carbocycles. The van der Waals surface area contributed by atoms with Crippen LogP contribution in [0.5, 0.6) is 0 Å². The van der Waals surface area contributed by atoms with E-state index >= 15 is 0 Å². The van der Waals surface area contributed by atoms with Gasteiger partial charge in [0.05, 0.1) is 22.0 Å². The summed E-state index contributed by atoms with van der Waals surface area (Å²) in [5.41, 5.74) is 2.20. The highest BCUT2D eigenvalue weighted by Gasteiger charge is 2.27. The molecular weight excluding hydrogens is 346 g/mol. The van der Waals surface area contributed by atoms with Crippen molar-refractivity contribution in [1.29, 1.82) is 0 Å². The summed E-state index contributed by atoms with van der Waals surface area (Å²) in [5, 5.41) is 5.24. The molecule has 0 radical (unpaired) electrons. The zero-order valence-corrected chi connectivity index (χ0v) is 15.7. The second kappa shape index (κ2) is 6.99. The van der Waals surface area contributed by atoms with Crippen molar-refractivity contribution in [3.63, 3.8) is 0 Å². The number of fused-ring (bicyclic) bond motifs is 1. The van der Waals surface area contributed by atoms with Crippen LogP contribution in [0.4, 0.5) is 5.95 Å². The van der Waals surface area contributed by atoms with Gasteiger partial charge in [-0.2, -0.15) is 0 Å². The standard InChI is InChI=1S/C19H21N5OS/c1-12-6-9-24(11-12)18(25)16-17-15(7-10-26-17)22-19(23-16)21-13(2)14-5-3-4-8-20-14/h3-5,7-8,10,12-13H,6,9,11H2,1-2H3,(H,21,22,23)/t12-,13?/m1/s1. The molecule has 4 heterocycles. The quantitative estimate of drug-likeness (QED) is 0.760. The van der Waals surface area contributed by atoms with Gasteiger partial charge in [-0.15, -0.1) is 11.3 Å². The van der Waals surface area contributed by atoms with Crippen LogP contribution in [0, 0.1) is 5.92 Å². The first-order valence-electron chi connectivity index (χ1n) is 8.84. The van der Waals surface area contributed by atoms with Crippen molar-refractivity contribution in [1.82, 2.24) is 19.9 Å². The molecule has 1 N–H and O–H groups in total. The summed E-state index contributed by atoms with van der Waals surface area (Å²) in [7, 11) is 0. The van der Waals surface area contributed by atoms with Crippen LogP contribution in [0.1, 0.15) is 42.5 Å². The molecule has 0 aromatic carbocycles. The molecule has 6 nitrogen and oxygen atoms in total. The molecule has 3 aromatic rings. The van der Waals surface area contributed by atoms with Crippen LogP contribution < -0.4 is 5.32 Å². The zero-order chi connectivity index (χ0) is 18.1. The van der Waals surface area contributed by atoms with Gasteiger partial charge in [0.1, 0.15) is 0 Å². The first-order valence-corrected chi connectivity index (χ1v) is 9.72. The average Bonchev–Trinajstić information content (AvgIpc) is 3.30. The molecule has 7 heteroatoms. The van der Waals surface area contributed by atoms with E-state index in [2.05, 4.69) is 27.2 Å². The minimum absolute atomic E-state index is 0.00209. The third-order valence-electron chi connectivity index (χ3n) is 4.69. The van der Waals surface area contributed by atoms with Gasteiger partial charge in [0.25, 0.3) is 5.91 Å². The van der Waals surface area contributed by atoms with E-state index in [4.69, 9.17) is 0 Å². The smallest absolute Gasteiger partial charge is 0.274 e. The molecule has 1 saturated heterocycles. The van der Waals surface area contributed by atoms with Crippen molar-refractivity contribution >= 4 is 33.4 Å². The van der Waals surface area contributed by atoms with Crippen molar-refractivity contribution < 1.29 is 4.79 Å². The number of likely N-dealkylation sites (tertiary alicyclic amines) is 1. The Bertz CT molecular complexity index is 926. The lowest BCUT2D eigenvalue weighted by atomic mass is 10.2. The number of carbonyl (C=O) groups is 1. The first kappa shape index (κ1) is 16.9. The Morgan fingerprint density at radius 1 is 1.35 bits per heavy atom. The lowest BCUT2D eigenvalue weighted by molar-refractivity contribution is 0.0784. The highest BCUT2D eigenvalue weighted by atomic mass is 32.1. The number of nitrogens with one attached hydrogen (secondary N) is 1. The molecule has 1 amide bonds. The number of hydrogen-bond donors (Lipinski definition) is 1. The predicted molar refractivity (Wildman–Crippen MR) is 103 cm³/mol. The Labute approximate surface area is 156 Å². The highest BCUT2D eigenvalue weighted by Crippen LogP contribution is 2.27. The summed E-state index contributed by atoms with van der Waals surface area (Å²) in [4.78, 5) is 28.4. The van der Waals surface area contributed by atoms with Crippen molar-refractivity contribution in [2.24, 2.45) is 5.92 Å². The molecule has 26 heavy (non-hydrogen) atoms. The lowest BCUT2D eigenvalue weighted by Gasteiger charge is -2.17. The molecule has 1 aliphatic heterocycles. The number of carbonyl (C=O) groups excluding carboxylic acids is 1. The third kappa shape index (κ3) is 3.26. The molecule has 4 rings (SSSR count). The summed E-state index contributed by atoms with van der Waals surface area (Å²) in [6, 6.07) is 7.67. The van der Waals surface area contributed by atoms with Gasteiger partial charge in [-0.3, -0.25) is 9.78 Å². The maximum absolute atomic E-state index is 13.0. The Balaban J connectivity index is 1.65. The van der Waals surface area contributed by atoms with E-state index in [-0.39, 0.29) is 11.9 Å². The molecule has 3 aromatic heterocycles. The second-order valence-corrected chi connectivity index (χ2v) is 7.71. The molecule has 0 bridgehead atoms. The molecule has 2 atom stereocenters. The maximum atomic E-state index is 13.0. The molecule has 1 fully saturated rings. The number of thiophene rings is 1. The Kier molecular flexibility index (Phi) is 4.55. The normalized spacial score (nSPS) is 18.2. The summed E-state index contributed by atoms with van der Waals surface area (Å²) >= 11 is 1.51. The number of pyridine rings is 1. The molecule has 0 spiro atoms. The number of rotatable bonds is 4. The highest BCUT2D eigenvalue weighted by molar-refractivity contribution is 7.17. The van der Waals surface area contributed by atoms with Crippen LogP contribution in [0.3, 0.4) is 0 Å². The van der Waals surface area contributed by atoms with Gasteiger partial charge >= 0.3 is 0 Å². The van der Waals surface area contributed by atoms with Crippen LogP contribution in [0.2, 0.25) is 0 Å². The second-order valence-electron chi connectivity index (χ2n) is 6.80. The van der Waals surface area contributed by atoms with Crippen LogP contribution in [0.15, 0.2) is 35.8 Å². The van der Waals surface area contributed by atoms with Crippen molar-refractivity contribution in [3.05, 3.63) is 47.2 Å². The largest absolute Gasteiger partial charge is 0.346 e. The lowest BCUT2D eigenvalue weighted by Crippen LogP contribution is -2.29. The van der Waals surface area contributed by atoms with Gasteiger partial charge in [-0.1, -0.05) is 13.0 Å². The molecule has 1 aliphatic rings. The number of anilines is 1. The van der Waals surface area contributed by atoms with Gasteiger partial charge in [0.2, 0.25) is 5.95 Å². The summed E-state index contributed by atoms with van der Waals surface area (Å²) in [6.45, 7) is 5.77. The van der Waals surface area contributed by atoms with Gasteiger partial charge in [-0.05, 0) is 42.8 Å². The van der Waals surface area contributed by atoms with E-state index < -0.39 is 0 Å². The van der Waals surface area contributed by atoms with E-state index in [0.717, 1.165) is 35.4 Å². The predicted octanol–water partition coefficient (Wildman–Crippen LogP) is 3.74. The number of nitrogens with zero attached hydrogens (tertiary/aromatic N) is 4. The van der Waals surface area contributed by atoms with Crippen molar-refractivity contribution in [2.75, 3.05) is 18.4 Å². The monoisotopic (exact) mass is 367 g/mol. The van der Waals surface area contributed by atoms with E-state index in [1.165, 1.54) is 11.3 Å². The minimum atomic E-state index is -0.0537. The third-order valence-corrected chi connectivity index (χ3v) is 5.60. The summed E-state index contributed by atoms with van der Waals surface area (Å²) in [5.74, 6) is 1.00. The van der Waals surface area contributed by atoms with E-state index in [9.17, 15) is 4.79 Å². The fourth-order valence-corrected chi connectivity index (χ4v) is 4.05. The fourth-order valence-electron chi connectivity index (χ4n) is 3.24. The Morgan fingerprint density at radius 3 is 2.96 bits per heavy atom. The molecular formula is C19H21N5OS. The van der Waals surface area contributed by atoms with E-state index in [0.29, 0.717) is 17.6 Å². The van der Waals surface area contributed by atoms with Crippen LogP contribution in [-0.4, -0.2) is 38.8 Å². The number of aromatic nitrogens is 3. The summed E-state index contributed by atoms with van der Waals surface area (Å²) < 4.78 is 0.852. The SMILES string of the molecule is CC(Nc1nc(C(=O)N2CC[C@@H](C)C2)c2sccc2n1)c1ccccn1. The Morgan fingerprint density at radius 2 is 2.23 bits per heavy atom. The number of amides is 1. The van der Waals surface area contributed by atoms with Crippen LogP contribution in [0.25, 0.3) is 10.2 Å². The first-order chi connectivity index (χ1) is 12.6. The van der Waals surface area contributed by atoms with E-state index in [1.807, 2.05) is 41.5 Å².